The number of hydrogen-bond acceptors (Lipinski definition) is 4. The van der Waals surface area contributed by atoms with E-state index in [9.17, 15) is 14.9 Å². The van der Waals surface area contributed by atoms with Gasteiger partial charge in [-0.25, -0.2) is 0 Å². The molecule has 0 amide bonds. The number of nitro benzene ring substituents is 1. The van der Waals surface area contributed by atoms with Crippen LogP contribution in [0.2, 0.25) is 0 Å². The third-order valence-electron chi connectivity index (χ3n) is 3.41. The van der Waals surface area contributed by atoms with Crippen molar-refractivity contribution in [2.24, 2.45) is 5.92 Å². The van der Waals surface area contributed by atoms with Crippen molar-refractivity contribution in [1.29, 1.82) is 0 Å². The van der Waals surface area contributed by atoms with E-state index >= 15 is 0 Å². The van der Waals surface area contributed by atoms with Gasteiger partial charge in [0.1, 0.15) is 0 Å². The predicted molar refractivity (Wildman–Crippen MR) is 68.7 cm³/mol. The number of hydrogen-bond donors (Lipinski definition) is 1. The summed E-state index contributed by atoms with van der Waals surface area (Å²) in [6.07, 6.45) is 1.61. The molecule has 0 radical (unpaired) electrons. The Bertz CT molecular complexity index is 472. The molecular weight excluding hydrogens is 248 g/mol. The van der Waals surface area contributed by atoms with Gasteiger partial charge < -0.3 is 5.11 Å². The molecule has 0 aliphatic carbocycles. The molecule has 2 rings (SSSR count). The molecule has 1 N–H and O–H groups in total. The van der Waals surface area contributed by atoms with Gasteiger partial charge in [-0.2, -0.15) is 0 Å². The molecule has 19 heavy (non-hydrogen) atoms. The van der Waals surface area contributed by atoms with E-state index in [0.29, 0.717) is 13.1 Å². The Hall–Kier alpha value is -1.95. The van der Waals surface area contributed by atoms with E-state index < -0.39 is 10.9 Å². The summed E-state index contributed by atoms with van der Waals surface area (Å²) in [6.45, 7) is 2.06. The number of carboxylic acid groups (broad SMARTS) is 1. The maximum Gasteiger partial charge on any atom is 0.307 e. The summed E-state index contributed by atoms with van der Waals surface area (Å²) in [4.78, 5) is 23.2. The molecule has 0 bridgehead atoms. The molecule has 6 heteroatoms. The summed E-state index contributed by atoms with van der Waals surface area (Å²) in [5.74, 6) is -1.04. The number of benzene rings is 1. The van der Waals surface area contributed by atoms with Crippen molar-refractivity contribution >= 4 is 11.7 Å². The molecule has 0 aromatic heterocycles. The van der Waals surface area contributed by atoms with E-state index in [1.54, 1.807) is 12.1 Å². The van der Waals surface area contributed by atoms with Crippen LogP contribution in [-0.2, 0) is 11.3 Å². The zero-order chi connectivity index (χ0) is 13.8. The van der Waals surface area contributed by atoms with Crippen LogP contribution in [0.5, 0.6) is 0 Å². The highest BCUT2D eigenvalue weighted by Gasteiger charge is 2.25. The minimum atomic E-state index is -0.742. The fourth-order valence-electron chi connectivity index (χ4n) is 2.38. The topological polar surface area (TPSA) is 83.7 Å². The van der Waals surface area contributed by atoms with E-state index in [0.717, 1.165) is 24.9 Å². The summed E-state index contributed by atoms with van der Waals surface area (Å²) in [5.41, 5.74) is 1.04. The fraction of sp³-hybridized carbons (Fsp3) is 0.462. The molecule has 1 unspecified atom stereocenters. The van der Waals surface area contributed by atoms with E-state index in [1.807, 2.05) is 0 Å². The van der Waals surface area contributed by atoms with Crippen molar-refractivity contribution < 1.29 is 14.8 Å². The molecule has 1 fully saturated rings. The number of carboxylic acids is 1. The van der Waals surface area contributed by atoms with Crippen LogP contribution in [0.25, 0.3) is 0 Å². The number of aliphatic carboxylic acids is 1. The highest BCUT2D eigenvalue weighted by molar-refractivity contribution is 5.70. The lowest BCUT2D eigenvalue weighted by molar-refractivity contribution is -0.384. The number of likely N-dealkylation sites (tertiary alicyclic amines) is 1. The van der Waals surface area contributed by atoms with Gasteiger partial charge in [-0.05, 0) is 24.9 Å². The van der Waals surface area contributed by atoms with Crippen LogP contribution in [0.15, 0.2) is 24.3 Å². The third kappa shape index (κ3) is 3.51. The number of non-ortho nitro benzene ring substituents is 1. The first-order chi connectivity index (χ1) is 9.06. The average molecular weight is 264 g/mol. The Balaban J connectivity index is 1.96. The summed E-state index contributed by atoms with van der Waals surface area (Å²) < 4.78 is 0. The number of nitro groups is 1. The van der Waals surface area contributed by atoms with Gasteiger partial charge in [0.25, 0.3) is 5.69 Å². The molecule has 1 saturated heterocycles. The lowest BCUT2D eigenvalue weighted by Crippen LogP contribution is -2.38. The number of nitrogens with zero attached hydrogens (tertiary/aromatic N) is 2. The van der Waals surface area contributed by atoms with Crippen molar-refractivity contribution in [2.75, 3.05) is 13.1 Å². The molecule has 1 heterocycles. The van der Waals surface area contributed by atoms with Gasteiger partial charge >= 0.3 is 5.97 Å². The van der Waals surface area contributed by atoms with Crippen LogP contribution in [-0.4, -0.2) is 34.0 Å². The standard InChI is InChI=1S/C13H16N2O4/c16-13(17)11-2-1-7-14(9-11)8-10-3-5-12(6-4-10)15(18)19/h3-6,11H,1-2,7-9H2,(H,16,17). The average Bonchev–Trinajstić information content (AvgIpc) is 2.39. The maximum atomic E-state index is 11.0. The number of piperidine rings is 1. The second-order valence-electron chi connectivity index (χ2n) is 4.84. The predicted octanol–water partition coefficient (Wildman–Crippen LogP) is 1.89. The van der Waals surface area contributed by atoms with Crippen LogP contribution < -0.4 is 0 Å². The zero-order valence-electron chi connectivity index (χ0n) is 10.5. The third-order valence-corrected chi connectivity index (χ3v) is 3.41. The fourth-order valence-corrected chi connectivity index (χ4v) is 2.38. The summed E-state index contributed by atoms with van der Waals surface area (Å²) in [5, 5.41) is 19.6. The minimum absolute atomic E-state index is 0.0748. The Morgan fingerprint density at radius 1 is 1.42 bits per heavy atom. The van der Waals surface area contributed by atoms with Gasteiger partial charge in [-0.3, -0.25) is 19.8 Å². The highest BCUT2D eigenvalue weighted by atomic mass is 16.6. The number of rotatable bonds is 4. The summed E-state index contributed by atoms with van der Waals surface area (Å²) in [7, 11) is 0. The van der Waals surface area contributed by atoms with Crippen molar-refractivity contribution in [3.63, 3.8) is 0 Å². The Morgan fingerprint density at radius 2 is 2.11 bits per heavy atom. The molecule has 0 spiro atoms. The van der Waals surface area contributed by atoms with Gasteiger partial charge in [-0.1, -0.05) is 12.1 Å². The molecular formula is C13H16N2O4. The zero-order valence-corrected chi connectivity index (χ0v) is 10.5. The largest absolute Gasteiger partial charge is 0.481 e. The van der Waals surface area contributed by atoms with Gasteiger partial charge in [0.2, 0.25) is 0 Å². The molecule has 1 atom stereocenters. The van der Waals surface area contributed by atoms with E-state index in [1.165, 1.54) is 12.1 Å². The van der Waals surface area contributed by atoms with Gasteiger partial charge in [0, 0.05) is 25.2 Å². The van der Waals surface area contributed by atoms with E-state index in [-0.39, 0.29) is 11.6 Å². The van der Waals surface area contributed by atoms with Crippen LogP contribution in [0, 0.1) is 16.0 Å². The first-order valence-corrected chi connectivity index (χ1v) is 6.25. The van der Waals surface area contributed by atoms with E-state index in [4.69, 9.17) is 5.11 Å². The molecule has 1 aliphatic heterocycles. The van der Waals surface area contributed by atoms with E-state index in [2.05, 4.69) is 4.90 Å². The smallest absolute Gasteiger partial charge is 0.307 e. The second-order valence-corrected chi connectivity index (χ2v) is 4.84. The van der Waals surface area contributed by atoms with Crippen LogP contribution in [0.1, 0.15) is 18.4 Å². The van der Waals surface area contributed by atoms with Gasteiger partial charge in [0.15, 0.2) is 0 Å². The van der Waals surface area contributed by atoms with Gasteiger partial charge in [-0.15, -0.1) is 0 Å². The summed E-state index contributed by atoms with van der Waals surface area (Å²) >= 11 is 0. The Morgan fingerprint density at radius 3 is 2.68 bits per heavy atom. The molecule has 1 aliphatic rings. The van der Waals surface area contributed by atoms with Crippen LogP contribution in [0.4, 0.5) is 5.69 Å². The molecule has 1 aromatic rings. The van der Waals surface area contributed by atoms with Crippen molar-refractivity contribution in [3.8, 4) is 0 Å². The second kappa shape index (κ2) is 5.79. The minimum Gasteiger partial charge on any atom is -0.481 e. The number of carbonyl (C=O) groups is 1. The Labute approximate surface area is 110 Å². The molecule has 6 nitrogen and oxygen atoms in total. The lowest BCUT2D eigenvalue weighted by atomic mass is 9.98. The SMILES string of the molecule is O=C(O)C1CCCN(Cc2ccc([N+](=O)[O-])cc2)C1. The maximum absolute atomic E-state index is 11.0. The summed E-state index contributed by atoms with van der Waals surface area (Å²) in [6, 6.07) is 6.41. The Kier molecular flexibility index (Phi) is 4.11. The highest BCUT2D eigenvalue weighted by Crippen LogP contribution is 2.20. The lowest BCUT2D eigenvalue weighted by Gasteiger charge is -2.30. The first-order valence-electron chi connectivity index (χ1n) is 6.25. The first kappa shape index (κ1) is 13.5. The van der Waals surface area contributed by atoms with Gasteiger partial charge in [0.05, 0.1) is 10.8 Å². The molecule has 1 aromatic carbocycles. The van der Waals surface area contributed by atoms with Crippen LogP contribution >= 0.6 is 0 Å². The molecule has 0 saturated carbocycles. The molecule has 102 valence electrons. The van der Waals surface area contributed by atoms with Crippen molar-refractivity contribution in [3.05, 3.63) is 39.9 Å². The normalized spacial score (nSPS) is 20.1. The van der Waals surface area contributed by atoms with Crippen LogP contribution in [0.3, 0.4) is 0 Å². The van der Waals surface area contributed by atoms with Crippen molar-refractivity contribution in [1.82, 2.24) is 4.90 Å². The monoisotopic (exact) mass is 264 g/mol. The van der Waals surface area contributed by atoms with Crippen molar-refractivity contribution in [2.45, 2.75) is 19.4 Å². The quantitative estimate of drug-likeness (QED) is 0.663.